The Morgan fingerprint density at radius 1 is 1.10 bits per heavy atom. The predicted molar refractivity (Wildman–Crippen MR) is 84.2 cm³/mol. The Bertz CT molecular complexity index is 655. The van der Waals surface area contributed by atoms with Gasteiger partial charge in [-0.1, -0.05) is 59.6 Å². The number of hydrogen-bond acceptors (Lipinski definition) is 1. The van der Waals surface area contributed by atoms with Gasteiger partial charge < -0.3 is 4.74 Å². The van der Waals surface area contributed by atoms with Crippen LogP contribution >= 0.6 is 23.2 Å². The summed E-state index contributed by atoms with van der Waals surface area (Å²) in [6.07, 6.45) is 2.09. The van der Waals surface area contributed by atoms with Gasteiger partial charge in [0.05, 0.1) is 6.61 Å². The molecule has 1 aliphatic heterocycles. The number of rotatable bonds is 3. The fraction of sp³-hybridized carbons (Fsp3) is 0.176. The molecule has 1 unspecified atom stereocenters. The van der Waals surface area contributed by atoms with Gasteiger partial charge in [0, 0.05) is 10.0 Å². The second-order valence-corrected chi connectivity index (χ2v) is 5.82. The molecule has 0 bridgehead atoms. The Kier molecular flexibility index (Phi) is 3.59. The van der Waals surface area contributed by atoms with Crippen LogP contribution in [0.4, 0.5) is 0 Å². The van der Waals surface area contributed by atoms with Crippen molar-refractivity contribution in [3.05, 3.63) is 75.3 Å². The van der Waals surface area contributed by atoms with E-state index in [1.165, 1.54) is 0 Å². The Labute approximate surface area is 128 Å². The average molecular weight is 305 g/mol. The van der Waals surface area contributed by atoms with E-state index in [2.05, 4.69) is 13.0 Å². The lowest BCUT2D eigenvalue weighted by Gasteiger charge is -2.14. The summed E-state index contributed by atoms with van der Waals surface area (Å²) in [4.78, 5) is 0. The van der Waals surface area contributed by atoms with Crippen LogP contribution in [0.1, 0.15) is 18.1 Å². The first-order chi connectivity index (χ1) is 9.62. The minimum absolute atomic E-state index is 0.316. The van der Waals surface area contributed by atoms with Gasteiger partial charge in [-0.05, 0) is 41.8 Å². The van der Waals surface area contributed by atoms with Gasteiger partial charge in [-0.25, -0.2) is 0 Å². The largest absolute Gasteiger partial charge is 0.360 e. The number of halogens is 2. The summed E-state index contributed by atoms with van der Waals surface area (Å²) in [6, 6.07) is 15.6. The molecule has 1 aliphatic rings. The lowest BCUT2D eigenvalue weighted by atomic mass is 9.91. The molecule has 3 heteroatoms. The Hall–Kier alpha value is -1.28. The molecule has 1 saturated heterocycles. The molecule has 0 aromatic heterocycles. The van der Waals surface area contributed by atoms with Crippen molar-refractivity contribution in [2.45, 2.75) is 12.5 Å². The van der Waals surface area contributed by atoms with Gasteiger partial charge in [0.1, 0.15) is 5.60 Å². The maximum atomic E-state index is 6.20. The minimum Gasteiger partial charge on any atom is -0.360 e. The smallest absolute Gasteiger partial charge is 0.138 e. The fourth-order valence-electron chi connectivity index (χ4n) is 2.36. The Balaban J connectivity index is 1.96. The molecular weight excluding hydrogens is 291 g/mol. The number of epoxide rings is 1. The van der Waals surface area contributed by atoms with Crippen LogP contribution in [0.2, 0.25) is 10.0 Å². The van der Waals surface area contributed by atoms with E-state index < -0.39 is 0 Å². The Morgan fingerprint density at radius 3 is 2.35 bits per heavy atom. The zero-order chi connectivity index (χ0) is 14.2. The molecule has 0 saturated carbocycles. The highest BCUT2D eigenvalue weighted by Gasteiger charge is 2.48. The minimum atomic E-state index is -0.316. The molecule has 1 fully saturated rings. The molecule has 1 nitrogen and oxygen atoms in total. The molecule has 0 N–H and O–H groups in total. The predicted octanol–water partition coefficient (Wildman–Crippen LogP) is 5.32. The summed E-state index contributed by atoms with van der Waals surface area (Å²) < 4.78 is 5.74. The number of benzene rings is 2. The zero-order valence-electron chi connectivity index (χ0n) is 11.1. The van der Waals surface area contributed by atoms with Crippen LogP contribution in [0.3, 0.4) is 0 Å². The van der Waals surface area contributed by atoms with E-state index >= 15 is 0 Å². The van der Waals surface area contributed by atoms with Crippen molar-refractivity contribution in [3.63, 3.8) is 0 Å². The molecule has 2 aromatic rings. The number of hydrogen-bond donors (Lipinski definition) is 0. The van der Waals surface area contributed by atoms with Gasteiger partial charge in [-0.2, -0.15) is 0 Å². The van der Waals surface area contributed by atoms with Gasteiger partial charge in [0.2, 0.25) is 0 Å². The average Bonchev–Trinajstić information content (AvgIpc) is 3.24. The molecule has 0 spiro atoms. The topological polar surface area (TPSA) is 12.5 Å². The van der Waals surface area contributed by atoms with Crippen molar-refractivity contribution in [1.29, 1.82) is 0 Å². The highest BCUT2D eigenvalue weighted by Crippen LogP contribution is 2.46. The highest BCUT2D eigenvalue weighted by atomic mass is 35.5. The molecule has 1 heterocycles. The van der Waals surface area contributed by atoms with E-state index in [0.717, 1.165) is 26.7 Å². The van der Waals surface area contributed by atoms with Gasteiger partial charge in [0.15, 0.2) is 0 Å². The maximum absolute atomic E-state index is 6.20. The van der Waals surface area contributed by atoms with Crippen molar-refractivity contribution < 1.29 is 4.74 Å². The highest BCUT2D eigenvalue weighted by molar-refractivity contribution is 6.32. The van der Waals surface area contributed by atoms with E-state index in [9.17, 15) is 0 Å². The van der Waals surface area contributed by atoms with E-state index in [1.807, 2.05) is 48.5 Å². The van der Waals surface area contributed by atoms with E-state index in [1.54, 1.807) is 0 Å². The summed E-state index contributed by atoms with van der Waals surface area (Å²) in [7, 11) is 0. The second-order valence-electron chi connectivity index (χ2n) is 4.97. The van der Waals surface area contributed by atoms with Gasteiger partial charge >= 0.3 is 0 Å². The molecule has 1 atom stereocenters. The van der Waals surface area contributed by atoms with Gasteiger partial charge in [0.25, 0.3) is 0 Å². The summed E-state index contributed by atoms with van der Waals surface area (Å²) in [5.74, 6) is 0. The monoisotopic (exact) mass is 304 g/mol. The molecule has 2 aromatic carbocycles. The molecule has 3 rings (SSSR count). The Morgan fingerprint density at radius 2 is 1.75 bits per heavy atom. The molecule has 0 radical (unpaired) electrons. The summed E-state index contributed by atoms with van der Waals surface area (Å²) in [5.41, 5.74) is 2.97. The lowest BCUT2D eigenvalue weighted by Crippen LogP contribution is -2.10. The van der Waals surface area contributed by atoms with Gasteiger partial charge in [-0.3, -0.25) is 0 Å². The summed E-state index contributed by atoms with van der Waals surface area (Å²) in [6.45, 7) is 2.77. The van der Waals surface area contributed by atoms with Gasteiger partial charge in [-0.15, -0.1) is 0 Å². The first kappa shape index (κ1) is 13.7. The molecular formula is C17H14Cl2O. The van der Waals surface area contributed by atoms with Crippen LogP contribution in [-0.2, 0) is 10.3 Å². The van der Waals surface area contributed by atoms with E-state index in [-0.39, 0.29) is 5.60 Å². The quantitative estimate of drug-likeness (QED) is 0.699. The summed E-state index contributed by atoms with van der Waals surface area (Å²) in [5, 5.41) is 1.48. The lowest BCUT2D eigenvalue weighted by molar-refractivity contribution is 0.345. The molecule has 0 amide bonds. The van der Waals surface area contributed by atoms with E-state index in [4.69, 9.17) is 27.9 Å². The number of ether oxygens (including phenoxy) is 1. The van der Waals surface area contributed by atoms with Crippen LogP contribution < -0.4 is 0 Å². The fourth-order valence-corrected chi connectivity index (χ4v) is 2.67. The third-order valence-electron chi connectivity index (χ3n) is 3.66. The van der Waals surface area contributed by atoms with Crippen LogP contribution in [0.25, 0.3) is 6.08 Å². The van der Waals surface area contributed by atoms with Crippen molar-refractivity contribution in [3.8, 4) is 0 Å². The van der Waals surface area contributed by atoms with Crippen LogP contribution in [0.5, 0.6) is 0 Å². The van der Waals surface area contributed by atoms with Crippen molar-refractivity contribution >= 4 is 29.3 Å². The normalized spacial score (nSPS) is 21.9. The van der Waals surface area contributed by atoms with E-state index in [0.29, 0.717) is 6.61 Å². The van der Waals surface area contributed by atoms with Crippen molar-refractivity contribution in [2.75, 3.05) is 6.61 Å². The third kappa shape index (κ3) is 2.49. The van der Waals surface area contributed by atoms with Crippen molar-refractivity contribution in [1.82, 2.24) is 0 Å². The summed E-state index contributed by atoms with van der Waals surface area (Å²) >= 11 is 12.1. The van der Waals surface area contributed by atoms with Crippen LogP contribution in [-0.4, -0.2) is 6.61 Å². The first-order valence-corrected chi connectivity index (χ1v) is 7.21. The SMILES string of the molecule is CC(=Cc1ccccc1Cl)C1(c2ccc(Cl)cc2)CO1. The van der Waals surface area contributed by atoms with Crippen molar-refractivity contribution in [2.24, 2.45) is 0 Å². The standard InChI is InChI=1S/C17H14Cl2O/c1-12(10-13-4-2-3-5-16(13)19)17(11-20-17)14-6-8-15(18)9-7-14/h2-10H,11H2,1H3. The van der Waals surface area contributed by atoms with Crippen LogP contribution in [0, 0.1) is 0 Å². The molecule has 0 aliphatic carbocycles. The first-order valence-electron chi connectivity index (χ1n) is 6.45. The second kappa shape index (κ2) is 5.25. The zero-order valence-corrected chi connectivity index (χ0v) is 12.6. The van der Waals surface area contributed by atoms with Crippen LogP contribution in [0.15, 0.2) is 54.1 Å². The molecule has 102 valence electrons. The maximum Gasteiger partial charge on any atom is 0.138 e. The molecule has 20 heavy (non-hydrogen) atoms. The third-order valence-corrected chi connectivity index (χ3v) is 4.25.